The number of hydrogen-bond acceptors (Lipinski definition) is 4. The lowest BCUT2D eigenvalue weighted by Crippen LogP contribution is -2.05. The highest BCUT2D eigenvalue weighted by Gasteiger charge is 2.06. The summed E-state index contributed by atoms with van der Waals surface area (Å²) in [4.78, 5) is 10.5. The van der Waals surface area contributed by atoms with E-state index >= 15 is 0 Å². The molecule has 0 N–H and O–H groups in total. The fourth-order valence-electron chi connectivity index (χ4n) is 0.901. The van der Waals surface area contributed by atoms with E-state index in [1.54, 1.807) is 20.4 Å². The first-order valence-electron chi connectivity index (χ1n) is 3.88. The van der Waals surface area contributed by atoms with Gasteiger partial charge in [-0.05, 0) is 0 Å². The maximum atomic E-state index is 10.5. The van der Waals surface area contributed by atoms with Gasteiger partial charge in [0.1, 0.15) is 6.61 Å². The van der Waals surface area contributed by atoms with E-state index in [0.717, 1.165) is 6.29 Å². The molecule has 1 heterocycles. The first-order chi connectivity index (χ1) is 6.27. The maximum Gasteiger partial charge on any atom is 0.243 e. The molecule has 1 aromatic rings. The van der Waals surface area contributed by atoms with Gasteiger partial charge in [0.25, 0.3) is 0 Å². The zero-order chi connectivity index (χ0) is 9.68. The van der Waals surface area contributed by atoms with Gasteiger partial charge >= 0.3 is 0 Å². The molecule has 72 valence electrons. The molecule has 1 rings (SSSR count). The number of aldehydes is 1. The summed E-state index contributed by atoms with van der Waals surface area (Å²) in [5, 5.41) is 3.96. The average molecular weight is 184 g/mol. The molecule has 0 spiro atoms. The van der Waals surface area contributed by atoms with Crippen LogP contribution >= 0.6 is 0 Å². The SMILES string of the molecule is COCCOc1nn(C)cc1C=O. The van der Waals surface area contributed by atoms with Crippen molar-refractivity contribution in [3.63, 3.8) is 0 Å². The third-order valence-corrected chi connectivity index (χ3v) is 1.47. The number of hydrogen-bond donors (Lipinski definition) is 0. The molecule has 1 aromatic heterocycles. The van der Waals surface area contributed by atoms with Crippen LogP contribution in [0.25, 0.3) is 0 Å². The Kier molecular flexibility index (Phi) is 3.45. The molecular formula is C8H12N2O3. The molecule has 0 saturated heterocycles. The normalized spacial score (nSPS) is 10.0. The highest BCUT2D eigenvalue weighted by molar-refractivity contribution is 5.77. The van der Waals surface area contributed by atoms with Crippen molar-refractivity contribution >= 4 is 6.29 Å². The number of nitrogens with zero attached hydrogens (tertiary/aromatic N) is 2. The summed E-state index contributed by atoms with van der Waals surface area (Å²) < 4.78 is 11.5. The lowest BCUT2D eigenvalue weighted by Gasteiger charge is -2.01. The summed E-state index contributed by atoms with van der Waals surface area (Å²) in [6.45, 7) is 0.878. The Morgan fingerprint density at radius 1 is 1.62 bits per heavy atom. The van der Waals surface area contributed by atoms with Crippen LogP contribution in [0, 0.1) is 0 Å². The number of carbonyl (C=O) groups is 1. The van der Waals surface area contributed by atoms with Crippen LogP contribution < -0.4 is 4.74 Å². The van der Waals surface area contributed by atoms with Crippen LogP contribution in [0.4, 0.5) is 0 Å². The highest BCUT2D eigenvalue weighted by atomic mass is 16.5. The Morgan fingerprint density at radius 3 is 3.00 bits per heavy atom. The summed E-state index contributed by atoms with van der Waals surface area (Å²) in [7, 11) is 3.32. The van der Waals surface area contributed by atoms with Gasteiger partial charge in [0.2, 0.25) is 5.88 Å². The Bertz CT molecular complexity index is 283. The van der Waals surface area contributed by atoms with Gasteiger partial charge in [-0.25, -0.2) is 0 Å². The predicted octanol–water partition coefficient (Wildman–Crippen LogP) is 0.258. The van der Waals surface area contributed by atoms with Gasteiger partial charge in [-0.1, -0.05) is 0 Å². The fourth-order valence-corrected chi connectivity index (χ4v) is 0.901. The molecule has 0 atom stereocenters. The van der Waals surface area contributed by atoms with Crippen LogP contribution in [0.2, 0.25) is 0 Å². The summed E-state index contributed by atoms with van der Waals surface area (Å²) in [6, 6.07) is 0. The van der Waals surface area contributed by atoms with Gasteiger partial charge in [-0.3, -0.25) is 9.48 Å². The molecule has 0 fully saturated rings. The molecule has 0 aromatic carbocycles. The van der Waals surface area contributed by atoms with Crippen molar-refractivity contribution in [2.45, 2.75) is 0 Å². The van der Waals surface area contributed by atoms with E-state index in [9.17, 15) is 4.79 Å². The minimum Gasteiger partial charge on any atom is -0.474 e. The van der Waals surface area contributed by atoms with Crippen molar-refractivity contribution in [3.8, 4) is 5.88 Å². The van der Waals surface area contributed by atoms with E-state index in [1.807, 2.05) is 0 Å². The lowest BCUT2D eigenvalue weighted by atomic mass is 10.4. The number of aryl methyl sites for hydroxylation is 1. The van der Waals surface area contributed by atoms with Crippen molar-refractivity contribution in [1.82, 2.24) is 9.78 Å². The first kappa shape index (κ1) is 9.73. The standard InChI is InChI=1S/C8H12N2O3/c1-10-5-7(6-11)8(9-10)13-4-3-12-2/h5-6H,3-4H2,1-2H3. The molecule has 13 heavy (non-hydrogen) atoms. The third-order valence-electron chi connectivity index (χ3n) is 1.47. The third kappa shape index (κ3) is 2.55. The Balaban J connectivity index is 2.58. The van der Waals surface area contributed by atoms with Crippen molar-refractivity contribution in [1.29, 1.82) is 0 Å². The van der Waals surface area contributed by atoms with Crippen LogP contribution in [0.1, 0.15) is 10.4 Å². The summed E-state index contributed by atoms with van der Waals surface area (Å²) >= 11 is 0. The van der Waals surface area contributed by atoms with Gasteiger partial charge in [0, 0.05) is 20.4 Å². The predicted molar refractivity (Wildman–Crippen MR) is 46.0 cm³/mol. The number of aromatic nitrogens is 2. The number of carbonyl (C=O) groups excluding carboxylic acids is 1. The van der Waals surface area contributed by atoms with E-state index in [1.165, 1.54) is 4.68 Å². The fraction of sp³-hybridized carbons (Fsp3) is 0.500. The minimum atomic E-state index is 0.356. The van der Waals surface area contributed by atoms with E-state index in [-0.39, 0.29) is 0 Å². The molecule has 0 aliphatic heterocycles. The average Bonchev–Trinajstić information content (AvgIpc) is 2.47. The van der Waals surface area contributed by atoms with Crippen molar-refractivity contribution in [3.05, 3.63) is 11.8 Å². The Hall–Kier alpha value is -1.36. The van der Waals surface area contributed by atoms with Gasteiger partial charge in [-0.15, -0.1) is 5.10 Å². The molecule has 0 saturated carbocycles. The number of ether oxygens (including phenoxy) is 2. The zero-order valence-electron chi connectivity index (χ0n) is 7.69. The molecule has 5 heteroatoms. The second-order valence-electron chi connectivity index (χ2n) is 2.52. The number of rotatable bonds is 5. The van der Waals surface area contributed by atoms with Gasteiger partial charge in [0.15, 0.2) is 6.29 Å². The molecule has 0 aliphatic rings. The van der Waals surface area contributed by atoms with E-state index in [4.69, 9.17) is 9.47 Å². The van der Waals surface area contributed by atoms with E-state index in [0.29, 0.717) is 24.7 Å². The second kappa shape index (κ2) is 4.61. The molecule has 0 unspecified atom stereocenters. The zero-order valence-corrected chi connectivity index (χ0v) is 7.69. The van der Waals surface area contributed by atoms with Crippen LogP contribution in [-0.2, 0) is 11.8 Å². The van der Waals surface area contributed by atoms with Crippen LogP contribution in [-0.4, -0.2) is 36.4 Å². The molecule has 0 amide bonds. The van der Waals surface area contributed by atoms with Gasteiger partial charge in [0.05, 0.1) is 12.2 Å². The van der Waals surface area contributed by atoms with Gasteiger partial charge < -0.3 is 9.47 Å². The van der Waals surface area contributed by atoms with Crippen molar-refractivity contribution in [2.24, 2.45) is 7.05 Å². The summed E-state index contributed by atoms with van der Waals surface area (Å²) in [6.07, 6.45) is 2.32. The molecular weight excluding hydrogens is 172 g/mol. The first-order valence-corrected chi connectivity index (χ1v) is 3.88. The highest BCUT2D eigenvalue weighted by Crippen LogP contribution is 2.11. The van der Waals surface area contributed by atoms with E-state index in [2.05, 4.69) is 5.10 Å². The van der Waals surface area contributed by atoms with Crippen molar-refractivity contribution < 1.29 is 14.3 Å². The van der Waals surface area contributed by atoms with Gasteiger partial charge in [-0.2, -0.15) is 0 Å². The largest absolute Gasteiger partial charge is 0.474 e. The minimum absolute atomic E-state index is 0.356. The Morgan fingerprint density at radius 2 is 2.38 bits per heavy atom. The smallest absolute Gasteiger partial charge is 0.243 e. The molecule has 0 radical (unpaired) electrons. The molecule has 5 nitrogen and oxygen atoms in total. The van der Waals surface area contributed by atoms with Crippen LogP contribution in [0.5, 0.6) is 5.88 Å². The van der Waals surface area contributed by atoms with Crippen molar-refractivity contribution in [2.75, 3.05) is 20.3 Å². The topological polar surface area (TPSA) is 53.4 Å². The Labute approximate surface area is 76.3 Å². The van der Waals surface area contributed by atoms with Crippen LogP contribution in [0.3, 0.4) is 0 Å². The van der Waals surface area contributed by atoms with E-state index < -0.39 is 0 Å². The second-order valence-corrected chi connectivity index (χ2v) is 2.52. The quantitative estimate of drug-likeness (QED) is 0.486. The lowest BCUT2D eigenvalue weighted by molar-refractivity contribution is 0.111. The summed E-state index contributed by atoms with van der Waals surface area (Å²) in [5.74, 6) is 0.356. The summed E-state index contributed by atoms with van der Waals surface area (Å²) in [5.41, 5.74) is 0.457. The van der Waals surface area contributed by atoms with Crippen LogP contribution in [0.15, 0.2) is 6.20 Å². The maximum absolute atomic E-state index is 10.5. The number of methoxy groups -OCH3 is 1. The molecule has 0 bridgehead atoms. The monoisotopic (exact) mass is 184 g/mol. The molecule has 0 aliphatic carbocycles.